The number of aliphatic carboxylic acids is 1. The summed E-state index contributed by atoms with van der Waals surface area (Å²) in [6, 6.07) is 0.0208. The van der Waals surface area contributed by atoms with E-state index in [4.69, 9.17) is 5.11 Å². The number of hydrogen-bond donors (Lipinski definition) is 1. The molecule has 2 fully saturated rings. The first-order valence-electron chi connectivity index (χ1n) is 6.00. The predicted octanol–water partition coefficient (Wildman–Crippen LogP) is 1.71. The van der Waals surface area contributed by atoms with Crippen molar-refractivity contribution in [3.8, 4) is 0 Å². The van der Waals surface area contributed by atoms with Crippen LogP contribution in [-0.2, 0) is 4.79 Å². The van der Waals surface area contributed by atoms with Crippen molar-refractivity contribution in [2.45, 2.75) is 38.1 Å². The molecule has 0 bridgehead atoms. The number of aromatic nitrogens is 2. The van der Waals surface area contributed by atoms with Crippen LogP contribution in [0.2, 0.25) is 0 Å². The molecule has 0 aromatic carbocycles. The van der Waals surface area contributed by atoms with E-state index in [1.54, 1.807) is 0 Å². The van der Waals surface area contributed by atoms with Crippen molar-refractivity contribution < 1.29 is 9.90 Å². The van der Waals surface area contributed by atoms with Crippen molar-refractivity contribution in [1.82, 2.24) is 9.36 Å². The molecule has 1 aliphatic heterocycles. The van der Waals surface area contributed by atoms with Crippen LogP contribution < -0.4 is 4.90 Å². The van der Waals surface area contributed by atoms with Gasteiger partial charge in [-0.05, 0) is 26.2 Å². The van der Waals surface area contributed by atoms with Crippen molar-refractivity contribution in [3.05, 3.63) is 5.82 Å². The quantitative estimate of drug-likeness (QED) is 0.888. The van der Waals surface area contributed by atoms with Gasteiger partial charge in [0.15, 0.2) is 0 Å². The van der Waals surface area contributed by atoms with Crippen LogP contribution in [-0.4, -0.2) is 33.0 Å². The van der Waals surface area contributed by atoms with Gasteiger partial charge < -0.3 is 10.0 Å². The maximum absolute atomic E-state index is 11.1. The molecule has 2 heterocycles. The Morgan fingerprint density at radius 3 is 2.82 bits per heavy atom. The van der Waals surface area contributed by atoms with Crippen LogP contribution in [0.1, 0.15) is 37.9 Å². The summed E-state index contributed by atoms with van der Waals surface area (Å²) in [6.07, 6.45) is 3.10. The molecule has 1 aromatic heterocycles. The fourth-order valence-corrected chi connectivity index (χ4v) is 3.25. The fourth-order valence-electron chi connectivity index (χ4n) is 2.39. The lowest BCUT2D eigenvalue weighted by Crippen LogP contribution is -2.32. The van der Waals surface area contributed by atoms with Gasteiger partial charge in [0.2, 0.25) is 5.13 Å². The van der Waals surface area contributed by atoms with Crippen LogP contribution in [0.5, 0.6) is 0 Å². The second-order valence-corrected chi connectivity index (χ2v) is 5.61. The Hall–Kier alpha value is -1.17. The Morgan fingerprint density at radius 1 is 1.47 bits per heavy atom. The van der Waals surface area contributed by atoms with E-state index >= 15 is 0 Å². The van der Waals surface area contributed by atoms with Gasteiger partial charge in [-0.1, -0.05) is 0 Å². The summed E-state index contributed by atoms with van der Waals surface area (Å²) in [5.41, 5.74) is 0. The average Bonchev–Trinajstić information content (AvgIpc) is 2.89. The van der Waals surface area contributed by atoms with Crippen LogP contribution in [0, 0.1) is 5.92 Å². The summed E-state index contributed by atoms with van der Waals surface area (Å²) < 4.78 is 4.37. The number of carbonyl (C=O) groups is 1. The molecule has 1 aromatic rings. The molecule has 3 rings (SSSR count). The minimum absolute atomic E-state index is 0.0208. The first-order chi connectivity index (χ1) is 8.16. The van der Waals surface area contributed by atoms with E-state index < -0.39 is 5.97 Å². The van der Waals surface area contributed by atoms with Crippen LogP contribution >= 0.6 is 11.5 Å². The zero-order valence-electron chi connectivity index (χ0n) is 9.67. The maximum atomic E-state index is 11.1. The second-order valence-electron chi connectivity index (χ2n) is 4.88. The summed E-state index contributed by atoms with van der Waals surface area (Å²) in [5, 5.41) is 9.98. The van der Waals surface area contributed by atoms with Crippen molar-refractivity contribution in [3.63, 3.8) is 0 Å². The Kier molecular flexibility index (Phi) is 2.54. The SMILES string of the molecule is CC1C(C(=O)O)CCN1c1nc(C2CC2)ns1. The molecular formula is C11H15N3O2S. The Morgan fingerprint density at radius 2 is 2.24 bits per heavy atom. The van der Waals surface area contributed by atoms with Crippen LogP contribution in [0.15, 0.2) is 0 Å². The van der Waals surface area contributed by atoms with Gasteiger partial charge in [-0.25, -0.2) is 4.98 Å². The Balaban J connectivity index is 1.77. The monoisotopic (exact) mass is 253 g/mol. The molecule has 0 spiro atoms. The van der Waals surface area contributed by atoms with Gasteiger partial charge in [0.25, 0.3) is 0 Å². The summed E-state index contributed by atoms with van der Waals surface area (Å²) in [5.74, 6) is 0.541. The van der Waals surface area contributed by atoms with Crippen molar-refractivity contribution in [2.24, 2.45) is 5.92 Å². The van der Waals surface area contributed by atoms with Crippen molar-refractivity contribution in [1.29, 1.82) is 0 Å². The van der Waals surface area contributed by atoms with E-state index in [2.05, 4.69) is 14.3 Å². The number of carboxylic acids is 1. The number of anilines is 1. The molecule has 17 heavy (non-hydrogen) atoms. The van der Waals surface area contributed by atoms with E-state index in [1.165, 1.54) is 24.4 Å². The lowest BCUT2D eigenvalue weighted by Gasteiger charge is -2.21. The minimum atomic E-state index is -0.702. The highest BCUT2D eigenvalue weighted by molar-refractivity contribution is 7.09. The normalized spacial score (nSPS) is 28.6. The van der Waals surface area contributed by atoms with Crippen molar-refractivity contribution in [2.75, 3.05) is 11.4 Å². The summed E-state index contributed by atoms with van der Waals surface area (Å²) in [6.45, 7) is 2.74. The van der Waals surface area contributed by atoms with Crippen LogP contribution in [0.3, 0.4) is 0 Å². The largest absolute Gasteiger partial charge is 0.481 e. The van der Waals surface area contributed by atoms with Gasteiger partial charge >= 0.3 is 5.97 Å². The predicted molar refractivity (Wildman–Crippen MR) is 64.4 cm³/mol. The average molecular weight is 253 g/mol. The molecule has 2 atom stereocenters. The number of rotatable bonds is 3. The highest BCUT2D eigenvalue weighted by atomic mass is 32.1. The first-order valence-corrected chi connectivity index (χ1v) is 6.77. The number of nitrogens with zero attached hydrogens (tertiary/aromatic N) is 3. The minimum Gasteiger partial charge on any atom is -0.481 e. The molecule has 0 radical (unpaired) electrons. The fraction of sp³-hybridized carbons (Fsp3) is 0.727. The number of hydrogen-bond acceptors (Lipinski definition) is 5. The van der Waals surface area contributed by atoms with Gasteiger partial charge in [0.1, 0.15) is 5.82 Å². The molecule has 1 saturated heterocycles. The molecule has 6 heteroatoms. The molecule has 1 saturated carbocycles. The van der Waals surface area contributed by atoms with E-state index in [1.807, 2.05) is 6.92 Å². The third kappa shape index (κ3) is 1.90. The molecule has 1 aliphatic carbocycles. The van der Waals surface area contributed by atoms with Crippen molar-refractivity contribution >= 4 is 22.6 Å². The third-order valence-electron chi connectivity index (χ3n) is 3.69. The van der Waals surface area contributed by atoms with Crippen LogP contribution in [0.4, 0.5) is 5.13 Å². The molecule has 1 N–H and O–H groups in total. The number of carboxylic acid groups (broad SMARTS) is 1. The van der Waals surface area contributed by atoms with E-state index in [-0.39, 0.29) is 12.0 Å². The van der Waals surface area contributed by atoms with E-state index in [9.17, 15) is 4.79 Å². The topological polar surface area (TPSA) is 66.3 Å². The smallest absolute Gasteiger partial charge is 0.308 e. The zero-order valence-corrected chi connectivity index (χ0v) is 10.5. The van der Waals surface area contributed by atoms with Crippen LogP contribution in [0.25, 0.3) is 0 Å². The Bertz CT molecular complexity index is 444. The van der Waals surface area contributed by atoms with Gasteiger partial charge in [0, 0.05) is 30.0 Å². The van der Waals surface area contributed by atoms with Gasteiger partial charge in [0.05, 0.1) is 5.92 Å². The molecule has 5 nitrogen and oxygen atoms in total. The highest BCUT2D eigenvalue weighted by Gasteiger charge is 2.38. The second kappa shape index (κ2) is 3.94. The van der Waals surface area contributed by atoms with Gasteiger partial charge in [-0.15, -0.1) is 0 Å². The van der Waals surface area contributed by atoms with Gasteiger partial charge in [-0.2, -0.15) is 4.37 Å². The molecule has 2 aliphatic rings. The van der Waals surface area contributed by atoms with E-state index in [0.717, 1.165) is 17.5 Å². The highest BCUT2D eigenvalue weighted by Crippen LogP contribution is 2.40. The third-order valence-corrected chi connectivity index (χ3v) is 4.46. The first kappa shape index (κ1) is 11.0. The summed E-state index contributed by atoms with van der Waals surface area (Å²) in [4.78, 5) is 17.7. The standard InChI is InChI=1S/C11H15N3O2S/c1-6-8(10(15)16)4-5-14(6)11-12-9(13-17-11)7-2-3-7/h6-8H,2-5H2,1H3,(H,15,16). The molecule has 0 amide bonds. The Labute approximate surface area is 104 Å². The molecule has 92 valence electrons. The lowest BCUT2D eigenvalue weighted by atomic mass is 10.0. The maximum Gasteiger partial charge on any atom is 0.308 e. The summed E-state index contributed by atoms with van der Waals surface area (Å²) >= 11 is 1.40. The summed E-state index contributed by atoms with van der Waals surface area (Å²) in [7, 11) is 0. The zero-order chi connectivity index (χ0) is 12.0. The molecular weight excluding hydrogens is 238 g/mol. The van der Waals surface area contributed by atoms with Gasteiger partial charge in [-0.3, -0.25) is 4.79 Å². The molecule has 2 unspecified atom stereocenters. The lowest BCUT2D eigenvalue weighted by molar-refractivity contribution is -0.141. The van der Waals surface area contributed by atoms with E-state index in [0.29, 0.717) is 12.3 Å².